The summed E-state index contributed by atoms with van der Waals surface area (Å²) in [5, 5.41) is 8.84. The lowest BCUT2D eigenvalue weighted by molar-refractivity contribution is 0.464. The Balaban J connectivity index is 1.51. The second kappa shape index (κ2) is 9.09. The zero-order valence-electron chi connectivity index (χ0n) is 17.7. The molecule has 0 radical (unpaired) electrons. The van der Waals surface area contributed by atoms with Crippen molar-refractivity contribution in [1.82, 2.24) is 14.9 Å². The molecule has 0 aliphatic heterocycles. The van der Waals surface area contributed by atoms with Crippen LogP contribution in [0.3, 0.4) is 0 Å². The van der Waals surface area contributed by atoms with Crippen molar-refractivity contribution >= 4 is 21.6 Å². The van der Waals surface area contributed by atoms with Gasteiger partial charge in [-0.25, -0.2) is 8.42 Å². The molecule has 0 fully saturated rings. The maximum absolute atomic E-state index is 13.4. The van der Waals surface area contributed by atoms with Crippen LogP contribution in [0, 0.1) is 0 Å². The van der Waals surface area contributed by atoms with Crippen molar-refractivity contribution in [2.24, 2.45) is 0 Å². The van der Waals surface area contributed by atoms with Crippen LogP contribution in [-0.2, 0) is 22.9 Å². The molecule has 6 nitrogen and oxygen atoms in total. The standard InChI is InChI=1S/C25H22ClN3O3S/c26-21-13-10-18(11-14-21)23(25-28-27-24(32-25)19-7-2-1-3-8-19)29-33(30,31)22-15-12-17-6-4-5-9-20(17)16-22/h1-3,7-8,10-16,23,29H,4-6,9H2/t23-/m0/s1. The van der Waals surface area contributed by atoms with E-state index in [1.54, 1.807) is 36.4 Å². The predicted molar refractivity (Wildman–Crippen MR) is 126 cm³/mol. The second-order valence-corrected chi connectivity index (χ2v) is 10.2. The van der Waals surface area contributed by atoms with E-state index < -0.39 is 16.1 Å². The number of nitrogens with one attached hydrogen (secondary N) is 1. The van der Waals surface area contributed by atoms with Crippen LogP contribution in [0.25, 0.3) is 11.5 Å². The highest BCUT2D eigenvalue weighted by Gasteiger charge is 2.28. The average molecular weight is 480 g/mol. The van der Waals surface area contributed by atoms with Crippen molar-refractivity contribution in [1.29, 1.82) is 0 Å². The zero-order chi connectivity index (χ0) is 22.8. The Morgan fingerprint density at radius 2 is 1.61 bits per heavy atom. The molecule has 0 spiro atoms. The van der Waals surface area contributed by atoms with E-state index >= 15 is 0 Å². The molecule has 1 aliphatic rings. The lowest BCUT2D eigenvalue weighted by Gasteiger charge is -2.19. The molecular weight excluding hydrogens is 458 g/mol. The summed E-state index contributed by atoms with van der Waals surface area (Å²) in [5.41, 5.74) is 3.71. The summed E-state index contributed by atoms with van der Waals surface area (Å²) in [6.45, 7) is 0. The zero-order valence-corrected chi connectivity index (χ0v) is 19.3. The fraction of sp³-hybridized carbons (Fsp3) is 0.200. The first-order chi connectivity index (χ1) is 16.0. The Morgan fingerprint density at radius 1 is 0.879 bits per heavy atom. The summed E-state index contributed by atoms with van der Waals surface area (Å²) < 4.78 is 35.5. The van der Waals surface area contributed by atoms with Gasteiger partial charge in [-0.15, -0.1) is 10.2 Å². The van der Waals surface area contributed by atoms with Crippen molar-refractivity contribution in [3.05, 3.63) is 100 Å². The summed E-state index contributed by atoms with van der Waals surface area (Å²) in [5.74, 6) is 0.468. The minimum Gasteiger partial charge on any atom is -0.419 e. The van der Waals surface area contributed by atoms with Crippen molar-refractivity contribution in [3.63, 3.8) is 0 Å². The first kappa shape index (κ1) is 21.8. The van der Waals surface area contributed by atoms with Gasteiger partial charge >= 0.3 is 0 Å². The molecule has 1 N–H and O–H groups in total. The third kappa shape index (κ3) is 4.71. The smallest absolute Gasteiger partial charge is 0.247 e. The van der Waals surface area contributed by atoms with Crippen LogP contribution in [0.4, 0.5) is 0 Å². The minimum atomic E-state index is -3.87. The van der Waals surface area contributed by atoms with Crippen LogP contribution >= 0.6 is 11.6 Å². The van der Waals surface area contributed by atoms with E-state index in [-0.39, 0.29) is 10.8 Å². The Labute approximate surface area is 197 Å². The van der Waals surface area contributed by atoms with Crippen LogP contribution in [-0.4, -0.2) is 18.6 Å². The van der Waals surface area contributed by atoms with Gasteiger partial charge in [0.2, 0.25) is 21.8 Å². The van der Waals surface area contributed by atoms with E-state index in [1.807, 2.05) is 36.4 Å². The highest BCUT2D eigenvalue weighted by Crippen LogP contribution is 2.29. The van der Waals surface area contributed by atoms with Gasteiger partial charge in [0.1, 0.15) is 6.04 Å². The van der Waals surface area contributed by atoms with Gasteiger partial charge in [0.05, 0.1) is 4.90 Å². The SMILES string of the molecule is O=S(=O)(N[C@@H](c1ccc(Cl)cc1)c1nnc(-c2ccccc2)o1)c1ccc2c(c1)CCCC2. The second-order valence-electron chi connectivity index (χ2n) is 8.05. The quantitative estimate of drug-likeness (QED) is 0.403. The minimum absolute atomic E-state index is 0.151. The molecule has 168 valence electrons. The number of hydrogen-bond acceptors (Lipinski definition) is 5. The van der Waals surface area contributed by atoms with Gasteiger partial charge in [-0.05, 0) is 78.8 Å². The molecule has 0 bridgehead atoms. The topological polar surface area (TPSA) is 85.1 Å². The third-order valence-corrected chi connectivity index (χ3v) is 7.49. The van der Waals surface area contributed by atoms with E-state index in [2.05, 4.69) is 14.9 Å². The Hall–Kier alpha value is -3.00. The average Bonchev–Trinajstić information content (AvgIpc) is 3.34. The van der Waals surface area contributed by atoms with Crippen LogP contribution < -0.4 is 4.72 Å². The number of sulfonamides is 1. The van der Waals surface area contributed by atoms with E-state index in [0.29, 0.717) is 16.5 Å². The van der Waals surface area contributed by atoms with E-state index in [1.165, 1.54) is 5.56 Å². The van der Waals surface area contributed by atoms with E-state index in [4.69, 9.17) is 16.0 Å². The molecule has 0 unspecified atom stereocenters. The normalized spacial score (nSPS) is 14.6. The van der Waals surface area contributed by atoms with Gasteiger partial charge in [-0.2, -0.15) is 4.72 Å². The largest absolute Gasteiger partial charge is 0.419 e. The summed E-state index contributed by atoms with van der Waals surface area (Å²) in [6, 6.07) is 20.7. The maximum atomic E-state index is 13.4. The highest BCUT2D eigenvalue weighted by atomic mass is 35.5. The van der Waals surface area contributed by atoms with Crippen LogP contribution in [0.2, 0.25) is 5.02 Å². The number of rotatable bonds is 6. The number of benzene rings is 3. The number of fused-ring (bicyclic) bond motifs is 1. The molecule has 8 heteroatoms. The molecule has 1 atom stereocenters. The molecule has 33 heavy (non-hydrogen) atoms. The van der Waals surface area contributed by atoms with Gasteiger partial charge < -0.3 is 4.42 Å². The predicted octanol–water partition coefficient (Wildman–Crippen LogP) is 5.34. The van der Waals surface area contributed by atoms with Gasteiger partial charge in [0.15, 0.2) is 0 Å². The van der Waals surface area contributed by atoms with E-state index in [9.17, 15) is 8.42 Å². The number of halogens is 1. The first-order valence-corrected chi connectivity index (χ1v) is 12.6. The van der Waals surface area contributed by atoms with Crippen LogP contribution in [0.15, 0.2) is 82.1 Å². The summed E-state index contributed by atoms with van der Waals surface area (Å²) >= 11 is 6.05. The Morgan fingerprint density at radius 3 is 2.36 bits per heavy atom. The van der Waals surface area contributed by atoms with Gasteiger partial charge in [0.25, 0.3) is 0 Å². The molecule has 0 saturated carbocycles. The van der Waals surface area contributed by atoms with Crippen molar-refractivity contribution < 1.29 is 12.8 Å². The maximum Gasteiger partial charge on any atom is 0.247 e. The lowest BCUT2D eigenvalue weighted by atomic mass is 9.92. The molecule has 3 aromatic carbocycles. The molecule has 4 aromatic rings. The first-order valence-electron chi connectivity index (χ1n) is 10.8. The molecule has 1 heterocycles. The number of nitrogens with zero attached hydrogens (tertiary/aromatic N) is 2. The van der Waals surface area contributed by atoms with Crippen LogP contribution in [0.5, 0.6) is 0 Å². The lowest BCUT2D eigenvalue weighted by Crippen LogP contribution is -2.30. The van der Waals surface area contributed by atoms with Crippen molar-refractivity contribution in [3.8, 4) is 11.5 Å². The van der Waals surface area contributed by atoms with Gasteiger partial charge in [-0.3, -0.25) is 0 Å². The molecule has 0 saturated heterocycles. The van der Waals surface area contributed by atoms with Gasteiger partial charge in [-0.1, -0.05) is 48.0 Å². The number of aryl methyl sites for hydroxylation is 2. The molecule has 1 aromatic heterocycles. The number of aromatic nitrogens is 2. The molecule has 5 rings (SSSR count). The molecule has 0 amide bonds. The molecule has 1 aliphatic carbocycles. The Kier molecular flexibility index (Phi) is 6.01. The molecular formula is C25H22ClN3O3S. The highest BCUT2D eigenvalue weighted by molar-refractivity contribution is 7.89. The van der Waals surface area contributed by atoms with Crippen LogP contribution in [0.1, 0.15) is 41.5 Å². The van der Waals surface area contributed by atoms with E-state index in [0.717, 1.165) is 36.8 Å². The van der Waals surface area contributed by atoms with Crippen molar-refractivity contribution in [2.45, 2.75) is 36.6 Å². The van der Waals surface area contributed by atoms with Gasteiger partial charge in [0, 0.05) is 10.6 Å². The van der Waals surface area contributed by atoms with Crippen molar-refractivity contribution in [2.75, 3.05) is 0 Å². The summed E-state index contributed by atoms with van der Waals surface area (Å²) in [6.07, 6.45) is 4.09. The fourth-order valence-corrected chi connectivity index (χ4v) is 5.42. The third-order valence-electron chi connectivity index (χ3n) is 5.81. The summed E-state index contributed by atoms with van der Waals surface area (Å²) in [7, 11) is -3.87. The number of hydrogen-bond donors (Lipinski definition) is 1. The fourth-order valence-electron chi connectivity index (χ4n) is 4.07. The monoisotopic (exact) mass is 479 g/mol. The summed E-state index contributed by atoms with van der Waals surface area (Å²) in [4.78, 5) is 0.227. The Bertz CT molecular complexity index is 1370.